The van der Waals surface area contributed by atoms with Crippen molar-refractivity contribution in [1.82, 2.24) is 9.55 Å². The summed E-state index contributed by atoms with van der Waals surface area (Å²) in [5.41, 5.74) is 1.64. The van der Waals surface area contributed by atoms with Crippen molar-refractivity contribution in [2.75, 3.05) is 19.0 Å². The van der Waals surface area contributed by atoms with E-state index in [0.29, 0.717) is 12.4 Å². The van der Waals surface area contributed by atoms with Gasteiger partial charge >= 0.3 is 0 Å². The molecule has 2 aromatic rings. The molecule has 0 aliphatic carbocycles. The molecule has 0 bridgehead atoms. The van der Waals surface area contributed by atoms with Gasteiger partial charge in [-0.2, -0.15) is 0 Å². The number of nitrogens with zero attached hydrogens (tertiary/aromatic N) is 2. The number of halogens is 1. The summed E-state index contributed by atoms with van der Waals surface area (Å²) in [7, 11) is 1.62. The number of fused-ring (bicyclic) bond motifs is 1. The molecule has 1 aliphatic rings. The van der Waals surface area contributed by atoms with Crippen LogP contribution in [0.25, 0.3) is 0 Å². The lowest BCUT2D eigenvalue weighted by molar-refractivity contribution is 0.414. The molecule has 0 amide bonds. The fourth-order valence-corrected chi connectivity index (χ4v) is 2.68. The lowest BCUT2D eigenvalue weighted by Crippen LogP contribution is -2.30. The van der Waals surface area contributed by atoms with Crippen LogP contribution in [0.3, 0.4) is 0 Å². The summed E-state index contributed by atoms with van der Waals surface area (Å²) in [5, 5.41) is 3.34. The molecule has 110 valence electrons. The van der Waals surface area contributed by atoms with Gasteiger partial charge in [-0.25, -0.2) is 4.98 Å². The average molecular weight is 306 g/mol. The first-order valence-electron chi connectivity index (χ1n) is 6.85. The molecule has 0 unspecified atom stereocenters. The summed E-state index contributed by atoms with van der Waals surface area (Å²) in [4.78, 5) is 16.8. The third-order valence-electron chi connectivity index (χ3n) is 3.61. The molecule has 2 heterocycles. The Bertz CT molecular complexity index is 710. The first kappa shape index (κ1) is 13.9. The number of hydrogen-bond acceptors (Lipinski definition) is 4. The van der Waals surface area contributed by atoms with Crippen LogP contribution in [0.5, 0.6) is 5.75 Å². The molecule has 0 spiro atoms. The van der Waals surface area contributed by atoms with E-state index in [2.05, 4.69) is 10.3 Å². The van der Waals surface area contributed by atoms with Crippen LogP contribution < -0.4 is 15.6 Å². The Balaban J connectivity index is 1.96. The van der Waals surface area contributed by atoms with Gasteiger partial charge in [0.25, 0.3) is 5.56 Å². The number of hydrogen-bond donors (Lipinski definition) is 1. The number of rotatable bonds is 3. The van der Waals surface area contributed by atoms with Crippen molar-refractivity contribution in [3.8, 4) is 5.75 Å². The molecule has 0 saturated carbocycles. The number of methoxy groups -OCH3 is 1. The smallest absolute Gasteiger partial charge is 0.260 e. The monoisotopic (exact) mass is 305 g/mol. The number of nitrogens with one attached hydrogen (secondary N) is 1. The predicted octanol–water partition coefficient (Wildman–Crippen LogP) is 2.31. The maximum atomic E-state index is 12.5. The molecular formula is C15H16ClN3O2. The Morgan fingerprint density at radius 1 is 1.38 bits per heavy atom. The summed E-state index contributed by atoms with van der Waals surface area (Å²) < 4.78 is 6.64. The highest BCUT2D eigenvalue weighted by Gasteiger charge is 2.18. The zero-order chi connectivity index (χ0) is 14.8. The molecule has 1 aliphatic heterocycles. The topological polar surface area (TPSA) is 56.2 Å². The summed E-state index contributed by atoms with van der Waals surface area (Å²) >= 11 is 6.16. The summed E-state index contributed by atoms with van der Waals surface area (Å²) in [6.45, 7) is 1.24. The molecule has 6 heteroatoms. The highest BCUT2D eigenvalue weighted by Crippen LogP contribution is 2.19. The largest absolute Gasteiger partial charge is 0.497 e. The van der Waals surface area contributed by atoms with Gasteiger partial charge in [0, 0.05) is 6.54 Å². The summed E-state index contributed by atoms with van der Waals surface area (Å²) in [5.74, 6) is 1.41. The second-order valence-corrected chi connectivity index (χ2v) is 5.32. The van der Waals surface area contributed by atoms with Crippen molar-refractivity contribution in [3.05, 3.63) is 51.0 Å². The van der Waals surface area contributed by atoms with E-state index in [1.807, 2.05) is 24.3 Å². The van der Waals surface area contributed by atoms with Crippen LogP contribution in [0, 0.1) is 0 Å². The molecule has 5 nitrogen and oxygen atoms in total. The first-order chi connectivity index (χ1) is 10.2. The third-order valence-corrected chi connectivity index (χ3v) is 3.90. The van der Waals surface area contributed by atoms with E-state index in [1.165, 1.54) is 4.57 Å². The zero-order valence-electron chi connectivity index (χ0n) is 11.7. The van der Waals surface area contributed by atoms with Crippen LogP contribution in [-0.4, -0.2) is 23.2 Å². The van der Waals surface area contributed by atoms with Gasteiger partial charge < -0.3 is 10.1 Å². The van der Waals surface area contributed by atoms with Crippen molar-refractivity contribution >= 4 is 17.4 Å². The average Bonchev–Trinajstić information content (AvgIpc) is 2.52. The van der Waals surface area contributed by atoms with E-state index in [1.54, 1.807) is 7.11 Å². The first-order valence-corrected chi connectivity index (χ1v) is 7.23. The van der Waals surface area contributed by atoms with Crippen molar-refractivity contribution in [3.63, 3.8) is 0 Å². The lowest BCUT2D eigenvalue weighted by atomic mass is 10.1. The van der Waals surface area contributed by atoms with Crippen LogP contribution in [0.4, 0.5) is 5.82 Å². The molecule has 1 aromatic carbocycles. The number of aromatic nitrogens is 2. The van der Waals surface area contributed by atoms with Gasteiger partial charge in [0.15, 0.2) is 0 Å². The van der Waals surface area contributed by atoms with Crippen LogP contribution >= 0.6 is 11.6 Å². The second-order valence-electron chi connectivity index (χ2n) is 4.98. The van der Waals surface area contributed by atoms with Gasteiger partial charge in [-0.3, -0.25) is 9.36 Å². The summed E-state index contributed by atoms with van der Waals surface area (Å²) in [6.07, 6.45) is 1.68. The molecule has 0 saturated heterocycles. The highest BCUT2D eigenvalue weighted by molar-refractivity contribution is 6.28. The van der Waals surface area contributed by atoms with E-state index in [9.17, 15) is 4.79 Å². The summed E-state index contributed by atoms with van der Waals surface area (Å²) in [6, 6.07) is 7.56. The standard InChI is InChI=1S/C15H16ClN3O2/c1-21-11-6-4-10(5-7-11)9-19-14(20)12-3-2-8-17-13(12)18-15(19)16/h4-7,17H,2-3,8-9H2,1H3. The normalized spacial score (nSPS) is 13.4. The Morgan fingerprint density at radius 2 is 2.14 bits per heavy atom. The maximum absolute atomic E-state index is 12.5. The quantitative estimate of drug-likeness (QED) is 0.884. The molecule has 1 aromatic heterocycles. The van der Waals surface area contributed by atoms with Gasteiger partial charge in [-0.1, -0.05) is 12.1 Å². The minimum absolute atomic E-state index is 0.0620. The zero-order valence-corrected chi connectivity index (χ0v) is 12.5. The Labute approximate surface area is 127 Å². The van der Waals surface area contributed by atoms with Crippen LogP contribution in [0.2, 0.25) is 5.28 Å². The maximum Gasteiger partial charge on any atom is 0.260 e. The minimum Gasteiger partial charge on any atom is -0.497 e. The van der Waals surface area contributed by atoms with E-state index >= 15 is 0 Å². The van der Waals surface area contributed by atoms with Gasteiger partial charge in [0.1, 0.15) is 11.6 Å². The van der Waals surface area contributed by atoms with Crippen molar-refractivity contribution in [1.29, 1.82) is 0 Å². The molecule has 21 heavy (non-hydrogen) atoms. The molecular weight excluding hydrogens is 290 g/mol. The minimum atomic E-state index is -0.0620. The van der Waals surface area contributed by atoms with Crippen LogP contribution in [0.1, 0.15) is 17.5 Å². The second kappa shape index (κ2) is 5.77. The number of anilines is 1. The molecule has 3 rings (SSSR count). The van der Waals surface area contributed by atoms with Gasteiger partial charge in [0.05, 0.1) is 19.2 Å². The SMILES string of the molecule is COc1ccc(Cn2c(Cl)nc3c(c2=O)CCCN3)cc1. The number of benzene rings is 1. The van der Waals surface area contributed by atoms with Crippen LogP contribution in [-0.2, 0) is 13.0 Å². The fraction of sp³-hybridized carbons (Fsp3) is 0.333. The highest BCUT2D eigenvalue weighted by atomic mass is 35.5. The lowest BCUT2D eigenvalue weighted by Gasteiger charge is -2.18. The van der Waals surface area contributed by atoms with E-state index in [4.69, 9.17) is 16.3 Å². The van der Waals surface area contributed by atoms with E-state index < -0.39 is 0 Å². The van der Waals surface area contributed by atoms with Gasteiger partial charge in [0.2, 0.25) is 5.28 Å². The van der Waals surface area contributed by atoms with Crippen molar-refractivity contribution < 1.29 is 4.74 Å². The van der Waals surface area contributed by atoms with Crippen molar-refractivity contribution in [2.24, 2.45) is 0 Å². The van der Waals surface area contributed by atoms with E-state index in [-0.39, 0.29) is 10.8 Å². The van der Waals surface area contributed by atoms with Gasteiger partial charge in [-0.05, 0) is 42.1 Å². The fourth-order valence-electron chi connectivity index (χ4n) is 2.46. The van der Waals surface area contributed by atoms with Crippen LogP contribution in [0.15, 0.2) is 29.1 Å². The Kier molecular flexibility index (Phi) is 3.84. The van der Waals surface area contributed by atoms with Gasteiger partial charge in [-0.15, -0.1) is 0 Å². The Hall–Kier alpha value is -2.01. The Morgan fingerprint density at radius 3 is 2.86 bits per heavy atom. The molecule has 1 N–H and O–H groups in total. The molecule has 0 radical (unpaired) electrons. The molecule has 0 atom stereocenters. The molecule has 0 fully saturated rings. The van der Waals surface area contributed by atoms with E-state index in [0.717, 1.165) is 36.3 Å². The number of ether oxygens (including phenoxy) is 1. The predicted molar refractivity (Wildman–Crippen MR) is 82.4 cm³/mol. The third kappa shape index (κ3) is 2.74. The van der Waals surface area contributed by atoms with Crippen molar-refractivity contribution in [2.45, 2.75) is 19.4 Å².